The number of rotatable bonds is 4. The smallest absolute Gasteiger partial charge is 0.262 e. The maximum atomic E-state index is 12.3. The summed E-state index contributed by atoms with van der Waals surface area (Å²) in [5, 5.41) is 5.75. The zero-order chi connectivity index (χ0) is 17.3. The Balaban J connectivity index is 1.71. The molecule has 0 saturated heterocycles. The number of anilines is 1. The second-order valence-corrected chi connectivity index (χ2v) is 6.92. The van der Waals surface area contributed by atoms with Crippen LogP contribution in [0.15, 0.2) is 34.7 Å². The molecule has 0 saturated carbocycles. The maximum absolute atomic E-state index is 12.3. The second kappa shape index (κ2) is 6.75. The highest BCUT2D eigenvalue weighted by atomic mass is 35.5. The molecule has 0 aliphatic rings. The van der Waals surface area contributed by atoms with Gasteiger partial charge in [0.1, 0.15) is 4.83 Å². The quantitative estimate of drug-likeness (QED) is 0.769. The minimum atomic E-state index is -0.193. The molecule has 0 unspecified atom stereocenters. The molecule has 3 rings (SSSR count). The minimum Gasteiger partial charge on any atom is -0.324 e. The van der Waals surface area contributed by atoms with Crippen molar-refractivity contribution >= 4 is 44.7 Å². The van der Waals surface area contributed by atoms with E-state index in [0.717, 1.165) is 11.1 Å². The number of thiophene rings is 1. The Hall–Kier alpha value is -2.18. The highest BCUT2D eigenvalue weighted by Gasteiger charge is 2.11. The molecule has 7 heteroatoms. The van der Waals surface area contributed by atoms with E-state index in [0.29, 0.717) is 20.9 Å². The average Bonchev–Trinajstić information content (AvgIpc) is 2.99. The number of carbonyl (C=O) groups is 1. The van der Waals surface area contributed by atoms with E-state index >= 15 is 0 Å². The Kier molecular flexibility index (Phi) is 4.69. The zero-order valence-electron chi connectivity index (χ0n) is 13.3. The first-order valence-electron chi connectivity index (χ1n) is 7.45. The van der Waals surface area contributed by atoms with Gasteiger partial charge in [0.25, 0.3) is 5.56 Å². The van der Waals surface area contributed by atoms with E-state index in [4.69, 9.17) is 11.6 Å². The molecule has 0 atom stereocenters. The van der Waals surface area contributed by atoms with Crippen molar-refractivity contribution in [2.75, 3.05) is 5.32 Å². The van der Waals surface area contributed by atoms with Crippen LogP contribution in [0.2, 0.25) is 5.02 Å². The summed E-state index contributed by atoms with van der Waals surface area (Å²) in [4.78, 5) is 29.4. The van der Waals surface area contributed by atoms with Gasteiger partial charge >= 0.3 is 0 Å². The van der Waals surface area contributed by atoms with Gasteiger partial charge in [-0.25, -0.2) is 4.98 Å². The Morgan fingerprint density at radius 3 is 2.92 bits per heavy atom. The number of nitrogens with one attached hydrogen (secondary N) is 1. The molecule has 2 heterocycles. The number of benzene rings is 1. The molecule has 0 spiro atoms. The molecule has 24 heavy (non-hydrogen) atoms. The van der Waals surface area contributed by atoms with Crippen molar-refractivity contribution in [2.45, 2.75) is 26.8 Å². The van der Waals surface area contributed by atoms with E-state index in [1.165, 1.54) is 22.2 Å². The fraction of sp³-hybridized carbons (Fsp3) is 0.235. The molecule has 1 amide bonds. The van der Waals surface area contributed by atoms with Crippen LogP contribution in [0.4, 0.5) is 5.69 Å². The predicted octanol–water partition coefficient (Wildman–Crippen LogP) is 3.76. The number of aryl methyl sites for hydroxylation is 3. The molecule has 3 aromatic rings. The lowest BCUT2D eigenvalue weighted by Crippen LogP contribution is -2.23. The summed E-state index contributed by atoms with van der Waals surface area (Å²) in [7, 11) is 0. The SMILES string of the molecule is Cc1cc(C)c(NC(=O)CCn2cnc3sccc3c2=O)c(Cl)c1. The number of hydrogen-bond donors (Lipinski definition) is 1. The van der Waals surface area contributed by atoms with Crippen molar-refractivity contribution in [2.24, 2.45) is 0 Å². The normalized spacial score (nSPS) is 11.0. The van der Waals surface area contributed by atoms with Gasteiger partial charge in [-0.1, -0.05) is 17.7 Å². The van der Waals surface area contributed by atoms with Crippen LogP contribution in [0.3, 0.4) is 0 Å². The fourth-order valence-electron chi connectivity index (χ4n) is 2.55. The maximum Gasteiger partial charge on any atom is 0.262 e. The number of nitrogens with zero attached hydrogens (tertiary/aromatic N) is 2. The highest BCUT2D eigenvalue weighted by Crippen LogP contribution is 2.27. The molecular formula is C17H16ClN3O2S. The largest absolute Gasteiger partial charge is 0.324 e. The summed E-state index contributed by atoms with van der Waals surface area (Å²) >= 11 is 7.62. The first-order chi connectivity index (χ1) is 11.5. The van der Waals surface area contributed by atoms with Crippen LogP contribution in [0.1, 0.15) is 17.5 Å². The Bertz CT molecular complexity index is 954. The molecule has 1 N–H and O–H groups in total. The van der Waals surface area contributed by atoms with E-state index in [1.807, 2.05) is 31.4 Å². The van der Waals surface area contributed by atoms with E-state index in [9.17, 15) is 9.59 Å². The summed E-state index contributed by atoms with van der Waals surface area (Å²) in [6, 6.07) is 5.52. The van der Waals surface area contributed by atoms with E-state index in [1.54, 1.807) is 6.07 Å². The third kappa shape index (κ3) is 3.34. The van der Waals surface area contributed by atoms with Crippen molar-refractivity contribution in [1.82, 2.24) is 9.55 Å². The Morgan fingerprint density at radius 1 is 1.38 bits per heavy atom. The van der Waals surface area contributed by atoms with E-state index in [-0.39, 0.29) is 24.4 Å². The second-order valence-electron chi connectivity index (χ2n) is 5.62. The first kappa shape index (κ1) is 16.7. The van der Waals surface area contributed by atoms with Crippen LogP contribution >= 0.6 is 22.9 Å². The summed E-state index contributed by atoms with van der Waals surface area (Å²) in [6.07, 6.45) is 1.65. The molecule has 5 nitrogen and oxygen atoms in total. The van der Waals surface area contributed by atoms with Crippen molar-refractivity contribution < 1.29 is 4.79 Å². The van der Waals surface area contributed by atoms with Crippen LogP contribution < -0.4 is 10.9 Å². The number of carbonyl (C=O) groups excluding carboxylic acids is 1. The van der Waals surface area contributed by atoms with Crippen molar-refractivity contribution in [3.05, 3.63) is 56.4 Å². The molecular weight excluding hydrogens is 346 g/mol. The molecule has 0 radical (unpaired) electrons. The standard InChI is InChI=1S/C17H16ClN3O2S/c1-10-7-11(2)15(13(18)8-10)20-14(22)3-5-21-9-19-16-12(17(21)23)4-6-24-16/h4,6-9H,3,5H2,1-2H3,(H,20,22). The van der Waals surface area contributed by atoms with Gasteiger partial charge in [-0.05, 0) is 42.5 Å². The number of halogens is 1. The highest BCUT2D eigenvalue weighted by molar-refractivity contribution is 7.16. The summed E-state index contributed by atoms with van der Waals surface area (Å²) in [5.41, 5.74) is 2.44. The van der Waals surface area contributed by atoms with Crippen LogP contribution in [0.5, 0.6) is 0 Å². The van der Waals surface area contributed by atoms with Crippen molar-refractivity contribution in [1.29, 1.82) is 0 Å². The summed E-state index contributed by atoms with van der Waals surface area (Å²) < 4.78 is 1.46. The Morgan fingerprint density at radius 2 is 2.17 bits per heavy atom. The minimum absolute atomic E-state index is 0.126. The lowest BCUT2D eigenvalue weighted by molar-refractivity contribution is -0.116. The van der Waals surface area contributed by atoms with Gasteiger partial charge < -0.3 is 5.32 Å². The van der Waals surface area contributed by atoms with Gasteiger partial charge in [0.2, 0.25) is 5.91 Å². The number of aromatic nitrogens is 2. The fourth-order valence-corrected chi connectivity index (χ4v) is 3.64. The number of fused-ring (bicyclic) bond motifs is 1. The van der Waals surface area contributed by atoms with Crippen LogP contribution in [0, 0.1) is 13.8 Å². The third-order valence-electron chi connectivity index (χ3n) is 3.73. The average molecular weight is 362 g/mol. The molecule has 0 bridgehead atoms. The first-order valence-corrected chi connectivity index (χ1v) is 8.70. The van der Waals surface area contributed by atoms with E-state index < -0.39 is 0 Å². The van der Waals surface area contributed by atoms with E-state index in [2.05, 4.69) is 10.3 Å². The molecule has 124 valence electrons. The van der Waals surface area contributed by atoms with Gasteiger partial charge in [0.15, 0.2) is 0 Å². The van der Waals surface area contributed by atoms with Gasteiger partial charge in [0, 0.05) is 13.0 Å². The molecule has 0 fully saturated rings. The lowest BCUT2D eigenvalue weighted by atomic mass is 10.1. The Labute approximate surface area is 147 Å². The lowest BCUT2D eigenvalue weighted by Gasteiger charge is -2.12. The molecule has 0 aliphatic heterocycles. The van der Waals surface area contributed by atoms with Crippen LogP contribution in [0.25, 0.3) is 10.2 Å². The predicted molar refractivity (Wildman–Crippen MR) is 98.1 cm³/mol. The molecule has 0 aliphatic carbocycles. The summed E-state index contributed by atoms with van der Waals surface area (Å²) in [5.74, 6) is -0.193. The van der Waals surface area contributed by atoms with Crippen molar-refractivity contribution in [3.63, 3.8) is 0 Å². The third-order valence-corrected chi connectivity index (χ3v) is 4.85. The number of amides is 1. The summed E-state index contributed by atoms with van der Waals surface area (Å²) in [6.45, 7) is 4.11. The molecule has 1 aromatic carbocycles. The van der Waals surface area contributed by atoms with Gasteiger partial charge in [-0.3, -0.25) is 14.2 Å². The molecule has 2 aromatic heterocycles. The zero-order valence-corrected chi connectivity index (χ0v) is 14.9. The van der Waals surface area contributed by atoms with Gasteiger partial charge in [-0.2, -0.15) is 0 Å². The topological polar surface area (TPSA) is 64.0 Å². The van der Waals surface area contributed by atoms with Crippen LogP contribution in [-0.4, -0.2) is 15.5 Å². The number of hydrogen-bond acceptors (Lipinski definition) is 4. The van der Waals surface area contributed by atoms with Gasteiger partial charge in [-0.15, -0.1) is 11.3 Å². The monoisotopic (exact) mass is 361 g/mol. The van der Waals surface area contributed by atoms with Crippen molar-refractivity contribution in [3.8, 4) is 0 Å². The van der Waals surface area contributed by atoms with Crippen LogP contribution in [-0.2, 0) is 11.3 Å². The van der Waals surface area contributed by atoms with Gasteiger partial charge in [0.05, 0.1) is 22.4 Å².